The van der Waals surface area contributed by atoms with Crippen molar-refractivity contribution < 1.29 is 24.7 Å². The average molecular weight is 209 g/mol. The summed E-state index contributed by atoms with van der Waals surface area (Å²) in [5.41, 5.74) is 0. The van der Waals surface area contributed by atoms with E-state index in [0.717, 1.165) is 0 Å². The van der Waals surface area contributed by atoms with Gasteiger partial charge in [-0.25, -0.2) is 0 Å². The molecule has 0 saturated carbocycles. The van der Waals surface area contributed by atoms with Gasteiger partial charge in [0, 0.05) is 0 Å². The lowest BCUT2D eigenvalue weighted by Crippen LogP contribution is -3.00. The van der Waals surface area contributed by atoms with Crippen molar-refractivity contribution in [3.8, 4) is 0 Å². The minimum absolute atomic E-state index is 0. The number of quaternary nitrogens is 1. The van der Waals surface area contributed by atoms with Gasteiger partial charge in [-0.2, -0.15) is 0 Å². The largest absolute Gasteiger partial charge is 1.00 e. The molecule has 13 heavy (non-hydrogen) atoms. The summed E-state index contributed by atoms with van der Waals surface area (Å²) >= 11 is 0. The normalized spacial score (nSPS) is 8.31. The zero-order valence-electron chi connectivity index (χ0n) is 9.85. The van der Waals surface area contributed by atoms with Crippen molar-refractivity contribution in [3.05, 3.63) is 0 Å². The predicted molar refractivity (Wildman–Crippen MR) is 48.5 cm³/mol. The highest BCUT2D eigenvalue weighted by molar-refractivity contribution is 4.31. The minimum Gasteiger partial charge on any atom is -1.00 e. The molecular formula is C8H23F4N. The van der Waals surface area contributed by atoms with Crippen LogP contribution in [0.25, 0.3) is 0 Å². The molecular weight excluding hydrogens is 186 g/mol. The lowest BCUT2D eigenvalue weighted by molar-refractivity contribution is -0.921. The first kappa shape index (κ1) is 29.3. The van der Waals surface area contributed by atoms with E-state index in [1.165, 1.54) is 30.7 Å². The first-order valence-electron chi connectivity index (χ1n) is 4.09. The van der Waals surface area contributed by atoms with Gasteiger partial charge in [-0.3, -0.25) is 9.41 Å². The summed E-state index contributed by atoms with van der Waals surface area (Å²) in [6, 6.07) is 0. The summed E-state index contributed by atoms with van der Waals surface area (Å²) in [5.74, 6) is 0. The zero-order valence-corrected chi connectivity index (χ0v) is 8.85. The van der Waals surface area contributed by atoms with Crippen LogP contribution in [0.1, 0.15) is 29.1 Å². The first-order valence-corrected chi connectivity index (χ1v) is 4.09. The van der Waals surface area contributed by atoms with Crippen molar-refractivity contribution in [3.63, 3.8) is 0 Å². The van der Waals surface area contributed by atoms with Gasteiger partial charge in [0.25, 0.3) is 0 Å². The molecule has 0 aromatic rings. The topological polar surface area (TPSA) is 0 Å². The maximum absolute atomic E-state index is 2.27. The van der Waals surface area contributed by atoms with E-state index in [2.05, 4.69) is 27.7 Å². The smallest absolute Gasteiger partial charge is 1.00 e. The van der Waals surface area contributed by atoms with Gasteiger partial charge in [-0.15, -0.1) is 0 Å². The van der Waals surface area contributed by atoms with Gasteiger partial charge in [0.15, 0.2) is 0 Å². The third-order valence-electron chi connectivity index (χ3n) is 2.68. The summed E-state index contributed by atoms with van der Waals surface area (Å²) < 4.78 is 1.28. The van der Waals surface area contributed by atoms with E-state index < -0.39 is 0 Å². The fourth-order valence-corrected chi connectivity index (χ4v) is 1.34. The highest BCUT2D eigenvalue weighted by Gasteiger charge is 2.16. The van der Waals surface area contributed by atoms with E-state index in [1.54, 1.807) is 0 Å². The van der Waals surface area contributed by atoms with E-state index in [-0.39, 0.29) is 20.2 Å². The van der Waals surface area contributed by atoms with Crippen LogP contribution in [0.15, 0.2) is 0 Å². The summed E-state index contributed by atoms with van der Waals surface area (Å²) in [6.07, 6.45) is 0. The Balaban J connectivity index is -0.0000000320. The van der Waals surface area contributed by atoms with Crippen LogP contribution in [0.3, 0.4) is 0 Å². The van der Waals surface area contributed by atoms with Crippen LogP contribution >= 0.6 is 0 Å². The Morgan fingerprint density at radius 3 is 0.846 bits per heavy atom. The fourth-order valence-electron chi connectivity index (χ4n) is 1.34. The van der Waals surface area contributed by atoms with Gasteiger partial charge in [0.05, 0.1) is 26.2 Å². The van der Waals surface area contributed by atoms with Gasteiger partial charge in [0.2, 0.25) is 0 Å². The molecule has 88 valence electrons. The van der Waals surface area contributed by atoms with Crippen LogP contribution in [0, 0.1) is 0 Å². The molecule has 0 aromatic carbocycles. The molecule has 0 rings (SSSR count). The lowest BCUT2D eigenvalue weighted by Gasteiger charge is -2.34. The SMILES string of the molecule is CC[N+](CC)(CC)CC.F.F.[F-].[F-].[H+]. The number of rotatable bonds is 4. The molecule has 0 unspecified atom stereocenters. The van der Waals surface area contributed by atoms with Gasteiger partial charge in [0.1, 0.15) is 0 Å². The lowest BCUT2D eigenvalue weighted by atomic mass is 10.3. The molecule has 0 aromatic heterocycles. The quantitative estimate of drug-likeness (QED) is 0.330. The molecule has 0 saturated heterocycles. The highest BCUT2D eigenvalue weighted by atomic mass is 19.0. The van der Waals surface area contributed by atoms with Gasteiger partial charge in [-0.05, 0) is 27.7 Å². The van der Waals surface area contributed by atoms with Crippen LogP contribution in [-0.4, -0.2) is 30.7 Å². The Kier molecular flexibility index (Phi) is 32.1. The van der Waals surface area contributed by atoms with Crippen LogP contribution in [0.5, 0.6) is 0 Å². The maximum atomic E-state index is 2.27. The molecule has 0 bridgehead atoms. The summed E-state index contributed by atoms with van der Waals surface area (Å²) in [7, 11) is 0. The zero-order chi connectivity index (χ0) is 7.33. The molecule has 5 heteroatoms. The van der Waals surface area contributed by atoms with E-state index in [9.17, 15) is 0 Å². The second-order valence-electron chi connectivity index (χ2n) is 2.61. The summed E-state index contributed by atoms with van der Waals surface area (Å²) in [6.45, 7) is 14.2. The van der Waals surface area contributed by atoms with Crippen molar-refractivity contribution in [2.24, 2.45) is 0 Å². The molecule has 0 fully saturated rings. The molecule has 0 aliphatic heterocycles. The van der Waals surface area contributed by atoms with E-state index in [4.69, 9.17) is 0 Å². The Bertz CT molecular complexity index is 64.2. The van der Waals surface area contributed by atoms with E-state index >= 15 is 0 Å². The number of halogens is 4. The first-order chi connectivity index (χ1) is 4.24. The molecule has 0 radical (unpaired) electrons. The van der Waals surface area contributed by atoms with E-state index in [0.29, 0.717) is 0 Å². The van der Waals surface area contributed by atoms with Crippen LogP contribution < -0.4 is 9.41 Å². The Morgan fingerprint density at radius 1 is 0.692 bits per heavy atom. The molecule has 0 aliphatic rings. The second-order valence-corrected chi connectivity index (χ2v) is 2.61. The van der Waals surface area contributed by atoms with Crippen molar-refractivity contribution in [1.82, 2.24) is 0 Å². The van der Waals surface area contributed by atoms with Crippen molar-refractivity contribution >= 4 is 0 Å². The Hall–Kier alpha value is -0.320. The van der Waals surface area contributed by atoms with Crippen molar-refractivity contribution in [2.75, 3.05) is 26.2 Å². The molecule has 1 nitrogen and oxygen atoms in total. The summed E-state index contributed by atoms with van der Waals surface area (Å²) in [5, 5.41) is 0. The molecule has 0 spiro atoms. The third-order valence-corrected chi connectivity index (χ3v) is 2.68. The molecule has 0 amide bonds. The average Bonchev–Trinajstić information content (AvgIpc) is 1.95. The monoisotopic (exact) mass is 209 g/mol. The van der Waals surface area contributed by atoms with Crippen LogP contribution in [0.2, 0.25) is 0 Å². The van der Waals surface area contributed by atoms with Crippen molar-refractivity contribution in [1.29, 1.82) is 0 Å². The molecule has 0 atom stereocenters. The molecule has 0 heterocycles. The van der Waals surface area contributed by atoms with Gasteiger partial charge >= 0.3 is 1.43 Å². The van der Waals surface area contributed by atoms with E-state index in [1.807, 2.05) is 0 Å². The van der Waals surface area contributed by atoms with Crippen molar-refractivity contribution in [2.45, 2.75) is 27.7 Å². The Morgan fingerprint density at radius 2 is 0.846 bits per heavy atom. The highest BCUT2D eigenvalue weighted by Crippen LogP contribution is 2.03. The maximum Gasteiger partial charge on any atom is 1.00 e. The van der Waals surface area contributed by atoms with Gasteiger partial charge in [-0.1, -0.05) is 0 Å². The minimum atomic E-state index is 0. The number of nitrogens with zero attached hydrogens (tertiary/aromatic N) is 1. The predicted octanol–water partition coefficient (Wildman–Crippen LogP) is -3.69. The van der Waals surface area contributed by atoms with Crippen LogP contribution in [-0.2, 0) is 0 Å². The number of hydrogen-bond acceptors (Lipinski definition) is 0. The third kappa shape index (κ3) is 8.02. The molecule has 0 N–H and O–H groups in total. The summed E-state index contributed by atoms with van der Waals surface area (Å²) in [4.78, 5) is 0. The van der Waals surface area contributed by atoms with Gasteiger partial charge < -0.3 is 13.9 Å². The Labute approximate surface area is 79.7 Å². The standard InChI is InChI=1S/C8H20N.4FH/c1-5-9(6-2,7-3)8-4;;;;/h5-8H2,1-4H3;4*1H/q+1;;;;/p-1. The molecule has 0 aliphatic carbocycles. The second kappa shape index (κ2) is 14.2. The number of hydrogen-bond donors (Lipinski definition) is 0. The fraction of sp³-hybridized carbons (Fsp3) is 1.00. The van der Waals surface area contributed by atoms with Crippen LogP contribution in [0.4, 0.5) is 9.41 Å².